The molecule has 0 atom stereocenters. The Labute approximate surface area is 107 Å². The first-order chi connectivity index (χ1) is 8.72. The third kappa shape index (κ3) is 2.85. The Balaban J connectivity index is 2.10. The number of ether oxygens (including phenoxy) is 1. The molecule has 2 rings (SSSR count). The fourth-order valence-electron chi connectivity index (χ4n) is 1.80. The van der Waals surface area contributed by atoms with Crippen LogP contribution >= 0.6 is 0 Å². The molecule has 0 aliphatic rings. The largest absolute Gasteiger partial charge is 0.420 e. The van der Waals surface area contributed by atoms with E-state index in [2.05, 4.69) is 6.92 Å². The van der Waals surface area contributed by atoms with Gasteiger partial charge in [0.15, 0.2) is 5.58 Å². The van der Waals surface area contributed by atoms with Gasteiger partial charge in [0.05, 0.1) is 18.7 Å². The zero-order valence-corrected chi connectivity index (χ0v) is 10.5. The summed E-state index contributed by atoms with van der Waals surface area (Å²) in [6, 6.07) is 5.17. The normalized spacial score (nSPS) is 11.2. The van der Waals surface area contributed by atoms with E-state index < -0.39 is 0 Å². The van der Waals surface area contributed by atoms with Crippen LogP contribution in [0.15, 0.2) is 27.4 Å². The molecule has 0 aliphatic carbocycles. The highest BCUT2D eigenvalue weighted by Crippen LogP contribution is 2.10. The Morgan fingerprint density at radius 2 is 2.22 bits per heavy atom. The zero-order chi connectivity index (χ0) is 13.0. The van der Waals surface area contributed by atoms with Gasteiger partial charge in [-0.25, -0.2) is 4.79 Å². The Hall–Kier alpha value is -1.49. The summed E-state index contributed by atoms with van der Waals surface area (Å²) in [5.41, 5.74) is 1.89. The molecule has 18 heavy (non-hydrogen) atoms. The second-order valence-electron chi connectivity index (χ2n) is 4.21. The number of aromatic nitrogens is 1. The maximum atomic E-state index is 11.7. The van der Waals surface area contributed by atoms with Gasteiger partial charge in [0.2, 0.25) is 0 Å². The highest BCUT2D eigenvalue weighted by molar-refractivity contribution is 6.33. The van der Waals surface area contributed by atoms with E-state index in [0.29, 0.717) is 24.2 Å². The first-order valence-electron chi connectivity index (χ1n) is 6.19. The molecule has 0 bridgehead atoms. The first kappa shape index (κ1) is 13.0. The minimum Gasteiger partial charge on any atom is -0.408 e. The molecule has 4 nitrogen and oxygen atoms in total. The Morgan fingerprint density at radius 1 is 1.39 bits per heavy atom. The van der Waals surface area contributed by atoms with Gasteiger partial charge < -0.3 is 9.15 Å². The fourth-order valence-corrected chi connectivity index (χ4v) is 1.80. The number of oxazole rings is 1. The van der Waals surface area contributed by atoms with E-state index in [-0.39, 0.29) is 5.76 Å². The Morgan fingerprint density at radius 3 is 3.00 bits per heavy atom. The third-order valence-corrected chi connectivity index (χ3v) is 2.79. The molecule has 0 fully saturated rings. The van der Waals surface area contributed by atoms with Crippen LogP contribution in [0.1, 0.15) is 19.8 Å². The first-order valence-corrected chi connectivity index (χ1v) is 6.19. The summed E-state index contributed by atoms with van der Waals surface area (Å²) >= 11 is 0. The number of benzene rings is 1. The second-order valence-corrected chi connectivity index (χ2v) is 4.21. The summed E-state index contributed by atoms with van der Waals surface area (Å²) in [4.78, 5) is 11.7. The average Bonchev–Trinajstić information content (AvgIpc) is 2.65. The van der Waals surface area contributed by atoms with E-state index in [1.165, 1.54) is 0 Å². The summed E-state index contributed by atoms with van der Waals surface area (Å²) in [6.07, 6.45) is 2.14. The third-order valence-electron chi connectivity index (χ3n) is 2.79. The van der Waals surface area contributed by atoms with Gasteiger partial charge in [0.1, 0.15) is 7.85 Å². The molecular formula is C13H16BNO3. The van der Waals surface area contributed by atoms with Crippen LogP contribution in [0.4, 0.5) is 0 Å². The van der Waals surface area contributed by atoms with Gasteiger partial charge in [0, 0.05) is 6.61 Å². The molecule has 0 spiro atoms. The quantitative estimate of drug-likeness (QED) is 0.567. The standard InChI is InChI=1S/C13H16BNO3/c1-2-3-7-17-8-6-15-11-9-10(14)4-5-12(11)18-13(15)16/h4-5,9H,2-3,6-8H2,1H3. The smallest absolute Gasteiger partial charge is 0.408 e. The van der Waals surface area contributed by atoms with Gasteiger partial charge in [-0.05, 0) is 18.6 Å². The Bertz CT molecular complexity index is 573. The van der Waals surface area contributed by atoms with Crippen molar-refractivity contribution in [2.24, 2.45) is 0 Å². The van der Waals surface area contributed by atoms with Crippen molar-refractivity contribution >= 4 is 24.4 Å². The number of fused-ring (bicyclic) bond motifs is 1. The van der Waals surface area contributed by atoms with Crippen LogP contribution in [-0.2, 0) is 11.3 Å². The topological polar surface area (TPSA) is 44.4 Å². The molecule has 94 valence electrons. The lowest BCUT2D eigenvalue weighted by atomic mass is 9.96. The van der Waals surface area contributed by atoms with Crippen LogP contribution in [-0.4, -0.2) is 25.6 Å². The molecule has 1 aromatic carbocycles. The Kier molecular flexibility index (Phi) is 4.26. The van der Waals surface area contributed by atoms with Gasteiger partial charge in [-0.15, -0.1) is 0 Å². The minimum absolute atomic E-state index is 0.366. The van der Waals surface area contributed by atoms with E-state index in [0.717, 1.165) is 25.0 Å². The molecule has 0 unspecified atom stereocenters. The van der Waals surface area contributed by atoms with Crippen LogP contribution in [0.3, 0.4) is 0 Å². The molecule has 0 saturated carbocycles. The summed E-state index contributed by atoms with van der Waals surface area (Å²) in [5.74, 6) is -0.366. The molecule has 0 saturated heterocycles. The predicted octanol–water partition coefficient (Wildman–Crippen LogP) is 1.20. The lowest BCUT2D eigenvalue weighted by Crippen LogP contribution is -2.18. The maximum Gasteiger partial charge on any atom is 0.420 e. The minimum atomic E-state index is -0.366. The van der Waals surface area contributed by atoms with Gasteiger partial charge in [-0.1, -0.05) is 24.9 Å². The van der Waals surface area contributed by atoms with Crippen LogP contribution in [0.2, 0.25) is 0 Å². The predicted molar refractivity (Wildman–Crippen MR) is 71.6 cm³/mol. The summed E-state index contributed by atoms with van der Waals surface area (Å²) in [6.45, 7) is 3.83. The molecule has 0 aliphatic heterocycles. The van der Waals surface area contributed by atoms with Crippen molar-refractivity contribution in [3.8, 4) is 0 Å². The zero-order valence-electron chi connectivity index (χ0n) is 10.5. The molecule has 1 aromatic heterocycles. The lowest BCUT2D eigenvalue weighted by molar-refractivity contribution is 0.123. The maximum absolute atomic E-state index is 11.7. The van der Waals surface area contributed by atoms with E-state index in [9.17, 15) is 4.79 Å². The highest BCUT2D eigenvalue weighted by atomic mass is 16.5. The number of rotatable bonds is 6. The van der Waals surface area contributed by atoms with Gasteiger partial charge in [-0.2, -0.15) is 0 Å². The molecular weight excluding hydrogens is 229 g/mol. The van der Waals surface area contributed by atoms with E-state index >= 15 is 0 Å². The van der Waals surface area contributed by atoms with Gasteiger partial charge >= 0.3 is 5.76 Å². The van der Waals surface area contributed by atoms with Crippen molar-refractivity contribution in [2.75, 3.05) is 13.2 Å². The van der Waals surface area contributed by atoms with Gasteiger partial charge in [0.25, 0.3) is 0 Å². The summed E-state index contributed by atoms with van der Waals surface area (Å²) in [5, 5.41) is 0. The number of nitrogens with zero attached hydrogens (tertiary/aromatic N) is 1. The summed E-state index contributed by atoms with van der Waals surface area (Å²) < 4.78 is 12.1. The molecule has 2 aromatic rings. The van der Waals surface area contributed by atoms with E-state index in [4.69, 9.17) is 17.0 Å². The van der Waals surface area contributed by atoms with Crippen LogP contribution in [0, 0.1) is 0 Å². The van der Waals surface area contributed by atoms with E-state index in [1.54, 1.807) is 22.8 Å². The summed E-state index contributed by atoms with van der Waals surface area (Å²) in [7, 11) is 5.71. The second kappa shape index (κ2) is 5.91. The van der Waals surface area contributed by atoms with Crippen molar-refractivity contribution in [1.29, 1.82) is 0 Å². The fraction of sp³-hybridized carbons (Fsp3) is 0.462. The van der Waals surface area contributed by atoms with E-state index in [1.807, 2.05) is 0 Å². The van der Waals surface area contributed by atoms with Crippen LogP contribution in [0.25, 0.3) is 11.1 Å². The van der Waals surface area contributed by atoms with Crippen LogP contribution < -0.4 is 11.2 Å². The van der Waals surface area contributed by atoms with Crippen molar-refractivity contribution in [3.63, 3.8) is 0 Å². The number of hydrogen-bond donors (Lipinski definition) is 0. The van der Waals surface area contributed by atoms with Crippen LogP contribution in [0.5, 0.6) is 0 Å². The molecule has 0 N–H and O–H groups in total. The lowest BCUT2D eigenvalue weighted by Gasteiger charge is -2.04. The monoisotopic (exact) mass is 245 g/mol. The van der Waals surface area contributed by atoms with Crippen molar-refractivity contribution in [1.82, 2.24) is 4.57 Å². The van der Waals surface area contributed by atoms with Crippen molar-refractivity contribution < 1.29 is 9.15 Å². The molecule has 2 radical (unpaired) electrons. The SMILES string of the molecule is [B]c1ccc2oc(=O)n(CCOCCCC)c2c1. The van der Waals surface area contributed by atoms with Gasteiger partial charge in [-0.3, -0.25) is 4.57 Å². The number of unbranched alkanes of at least 4 members (excludes halogenated alkanes) is 1. The number of hydrogen-bond acceptors (Lipinski definition) is 3. The van der Waals surface area contributed by atoms with Crippen molar-refractivity contribution in [3.05, 3.63) is 28.7 Å². The van der Waals surface area contributed by atoms with Crippen molar-refractivity contribution in [2.45, 2.75) is 26.3 Å². The highest BCUT2D eigenvalue weighted by Gasteiger charge is 2.08. The molecule has 5 heteroatoms. The molecule has 1 heterocycles. The average molecular weight is 245 g/mol. The molecule has 0 amide bonds.